The summed E-state index contributed by atoms with van der Waals surface area (Å²) in [5.74, 6) is -0.450. The second-order valence-corrected chi connectivity index (χ2v) is 9.04. The molecule has 31 heavy (non-hydrogen) atoms. The summed E-state index contributed by atoms with van der Waals surface area (Å²) in [5, 5.41) is 6.75. The van der Waals surface area contributed by atoms with Gasteiger partial charge in [-0.25, -0.2) is 4.79 Å². The van der Waals surface area contributed by atoms with E-state index in [9.17, 15) is 14.4 Å². The normalized spacial score (nSPS) is 16.8. The largest absolute Gasteiger partial charge is 0.451 e. The van der Waals surface area contributed by atoms with Crippen LogP contribution in [0, 0.1) is 5.92 Å². The molecule has 0 bridgehead atoms. The molecule has 1 atom stereocenters. The maximum Gasteiger partial charge on any atom is 0.407 e. The summed E-state index contributed by atoms with van der Waals surface area (Å²) in [4.78, 5) is 38.7. The number of hydrogen-bond acceptors (Lipinski definition) is 5. The molecule has 0 aliphatic carbocycles. The SMILES string of the molecule is CC(C)(C)OC(=O)NCCNC(=O)[C@H]1CCCN(C(=O)c2cc3cc(Cl)ccc3o2)C1. The molecule has 9 heteroatoms. The highest BCUT2D eigenvalue weighted by Gasteiger charge is 2.30. The van der Waals surface area contributed by atoms with E-state index in [1.54, 1.807) is 49.9 Å². The molecule has 1 fully saturated rings. The zero-order valence-corrected chi connectivity index (χ0v) is 18.8. The van der Waals surface area contributed by atoms with Crippen molar-refractivity contribution in [2.45, 2.75) is 39.2 Å². The average Bonchev–Trinajstić information content (AvgIpc) is 3.12. The molecule has 3 amide bonds. The molecule has 1 aromatic carbocycles. The molecule has 0 saturated carbocycles. The zero-order chi connectivity index (χ0) is 22.6. The van der Waals surface area contributed by atoms with E-state index in [4.69, 9.17) is 20.8 Å². The molecule has 1 aromatic heterocycles. The van der Waals surface area contributed by atoms with Crippen LogP contribution in [0.4, 0.5) is 4.79 Å². The third-order valence-electron chi connectivity index (χ3n) is 4.86. The van der Waals surface area contributed by atoms with Crippen molar-refractivity contribution in [1.29, 1.82) is 0 Å². The molecule has 0 unspecified atom stereocenters. The molecule has 8 nitrogen and oxygen atoms in total. The smallest absolute Gasteiger partial charge is 0.407 e. The third kappa shape index (κ3) is 6.37. The van der Waals surface area contributed by atoms with E-state index in [0.717, 1.165) is 11.8 Å². The Balaban J connectivity index is 1.49. The second kappa shape index (κ2) is 9.60. The van der Waals surface area contributed by atoms with Gasteiger partial charge < -0.3 is 24.7 Å². The first-order chi connectivity index (χ1) is 14.6. The number of hydrogen-bond donors (Lipinski definition) is 2. The van der Waals surface area contributed by atoms with Gasteiger partial charge in [0, 0.05) is 36.6 Å². The number of nitrogens with one attached hydrogen (secondary N) is 2. The lowest BCUT2D eigenvalue weighted by molar-refractivity contribution is -0.126. The third-order valence-corrected chi connectivity index (χ3v) is 5.10. The quantitative estimate of drug-likeness (QED) is 0.679. The number of carbonyl (C=O) groups excluding carboxylic acids is 3. The summed E-state index contributed by atoms with van der Waals surface area (Å²) in [5.41, 5.74) is 0.0221. The summed E-state index contributed by atoms with van der Waals surface area (Å²) >= 11 is 6.00. The number of nitrogens with zero attached hydrogens (tertiary/aromatic N) is 1. The maximum absolute atomic E-state index is 12.9. The van der Waals surface area contributed by atoms with Gasteiger partial charge >= 0.3 is 6.09 Å². The lowest BCUT2D eigenvalue weighted by Gasteiger charge is -2.31. The fourth-order valence-electron chi connectivity index (χ4n) is 3.46. The first-order valence-corrected chi connectivity index (χ1v) is 10.7. The predicted molar refractivity (Wildman–Crippen MR) is 117 cm³/mol. The lowest BCUT2D eigenvalue weighted by atomic mass is 9.97. The van der Waals surface area contributed by atoms with Crippen molar-refractivity contribution >= 4 is 40.5 Å². The van der Waals surface area contributed by atoms with Gasteiger partial charge in [-0.3, -0.25) is 9.59 Å². The Morgan fingerprint density at radius 1 is 1.19 bits per heavy atom. The number of ether oxygens (including phenoxy) is 1. The number of likely N-dealkylation sites (tertiary alicyclic amines) is 1. The summed E-state index contributed by atoms with van der Waals surface area (Å²) in [6, 6.07) is 6.86. The molecule has 168 valence electrons. The Bertz CT molecular complexity index is 966. The van der Waals surface area contributed by atoms with Gasteiger partial charge in [0.1, 0.15) is 11.2 Å². The van der Waals surface area contributed by atoms with Crippen LogP contribution >= 0.6 is 11.6 Å². The monoisotopic (exact) mass is 449 g/mol. The molecule has 0 radical (unpaired) electrons. The summed E-state index contributed by atoms with van der Waals surface area (Å²) in [6.07, 6.45) is 0.903. The Kier molecular flexibility index (Phi) is 7.10. The first kappa shape index (κ1) is 22.9. The van der Waals surface area contributed by atoms with Gasteiger partial charge in [0.2, 0.25) is 5.91 Å². The molecule has 1 aliphatic heterocycles. The molecule has 2 heterocycles. The van der Waals surface area contributed by atoms with E-state index in [-0.39, 0.29) is 36.6 Å². The van der Waals surface area contributed by atoms with E-state index in [1.807, 2.05) is 0 Å². The Morgan fingerprint density at radius 2 is 1.94 bits per heavy atom. The van der Waals surface area contributed by atoms with Crippen LogP contribution < -0.4 is 10.6 Å². The summed E-state index contributed by atoms with van der Waals surface area (Å²) in [6.45, 7) is 6.79. The van der Waals surface area contributed by atoms with Gasteiger partial charge in [-0.05, 0) is 57.9 Å². The molecule has 2 N–H and O–H groups in total. The van der Waals surface area contributed by atoms with Gasteiger partial charge in [-0.2, -0.15) is 0 Å². The number of alkyl carbamates (subject to hydrolysis) is 1. The Morgan fingerprint density at radius 3 is 2.68 bits per heavy atom. The van der Waals surface area contributed by atoms with Crippen LogP contribution in [0.25, 0.3) is 11.0 Å². The predicted octanol–water partition coefficient (Wildman–Crippen LogP) is 3.58. The van der Waals surface area contributed by atoms with Gasteiger partial charge in [0.05, 0.1) is 5.92 Å². The van der Waals surface area contributed by atoms with Gasteiger partial charge in [0.25, 0.3) is 5.91 Å². The maximum atomic E-state index is 12.9. The van der Waals surface area contributed by atoms with Crippen LogP contribution in [-0.2, 0) is 9.53 Å². The number of carbonyl (C=O) groups is 3. The lowest BCUT2D eigenvalue weighted by Crippen LogP contribution is -2.46. The van der Waals surface area contributed by atoms with E-state index in [1.165, 1.54) is 0 Å². The van der Waals surface area contributed by atoms with Crippen molar-refractivity contribution in [3.05, 3.63) is 35.0 Å². The molecule has 1 aliphatic rings. The van der Waals surface area contributed by atoms with Crippen LogP contribution in [-0.4, -0.2) is 54.6 Å². The van der Waals surface area contributed by atoms with Crippen molar-refractivity contribution in [3.8, 4) is 0 Å². The topological polar surface area (TPSA) is 101 Å². The first-order valence-electron chi connectivity index (χ1n) is 10.4. The molecular weight excluding hydrogens is 422 g/mol. The van der Waals surface area contributed by atoms with Gasteiger partial charge in [0.15, 0.2) is 5.76 Å². The average molecular weight is 450 g/mol. The van der Waals surface area contributed by atoms with E-state index >= 15 is 0 Å². The highest BCUT2D eigenvalue weighted by molar-refractivity contribution is 6.31. The number of halogens is 1. The van der Waals surface area contributed by atoms with Crippen molar-refractivity contribution in [1.82, 2.24) is 15.5 Å². The number of fused-ring (bicyclic) bond motifs is 1. The Labute approximate surface area is 186 Å². The van der Waals surface area contributed by atoms with E-state index < -0.39 is 11.7 Å². The van der Waals surface area contributed by atoms with Crippen LogP contribution in [0.15, 0.2) is 28.7 Å². The van der Waals surface area contributed by atoms with Crippen LogP contribution in [0.1, 0.15) is 44.2 Å². The van der Waals surface area contributed by atoms with Crippen molar-refractivity contribution in [2.24, 2.45) is 5.92 Å². The van der Waals surface area contributed by atoms with Crippen molar-refractivity contribution in [2.75, 3.05) is 26.2 Å². The number of benzene rings is 1. The Hall–Kier alpha value is -2.74. The standard InChI is InChI=1S/C22H28ClN3O5/c1-22(2,3)31-21(29)25-9-8-24-19(27)14-5-4-10-26(13-14)20(28)18-12-15-11-16(23)6-7-17(15)30-18/h6-7,11-12,14H,4-5,8-10,13H2,1-3H3,(H,24,27)(H,25,29)/t14-/m0/s1. The van der Waals surface area contributed by atoms with Gasteiger partial charge in [-0.1, -0.05) is 11.6 Å². The molecular formula is C22H28ClN3O5. The van der Waals surface area contributed by atoms with E-state index in [0.29, 0.717) is 30.1 Å². The number of amides is 3. The fourth-order valence-corrected chi connectivity index (χ4v) is 3.64. The minimum absolute atomic E-state index is 0.139. The van der Waals surface area contributed by atoms with Crippen LogP contribution in [0.5, 0.6) is 0 Å². The highest BCUT2D eigenvalue weighted by atomic mass is 35.5. The molecule has 1 saturated heterocycles. The van der Waals surface area contributed by atoms with E-state index in [2.05, 4.69) is 10.6 Å². The summed E-state index contributed by atoms with van der Waals surface area (Å²) in [7, 11) is 0. The fraction of sp³-hybridized carbons (Fsp3) is 0.500. The molecule has 0 spiro atoms. The highest BCUT2D eigenvalue weighted by Crippen LogP contribution is 2.25. The second-order valence-electron chi connectivity index (χ2n) is 8.60. The van der Waals surface area contributed by atoms with Crippen LogP contribution in [0.3, 0.4) is 0 Å². The minimum atomic E-state index is -0.572. The zero-order valence-electron chi connectivity index (χ0n) is 18.0. The molecule has 2 aromatic rings. The van der Waals surface area contributed by atoms with Crippen molar-refractivity contribution in [3.63, 3.8) is 0 Å². The van der Waals surface area contributed by atoms with Crippen molar-refractivity contribution < 1.29 is 23.5 Å². The molecule has 3 rings (SSSR count). The number of piperidine rings is 1. The minimum Gasteiger partial charge on any atom is -0.451 e. The number of rotatable bonds is 5. The van der Waals surface area contributed by atoms with Crippen LogP contribution in [0.2, 0.25) is 5.02 Å². The number of furan rings is 1. The van der Waals surface area contributed by atoms with Gasteiger partial charge in [-0.15, -0.1) is 0 Å². The summed E-state index contributed by atoms with van der Waals surface area (Å²) < 4.78 is 10.8.